The first kappa shape index (κ1) is 18.8. The van der Waals surface area contributed by atoms with Crippen molar-refractivity contribution in [2.24, 2.45) is 34.0 Å². The standard InChI is InChI=1S/C22H30O7/c1-9-11-8-12(24)13-20-7-5-6-19(3,4)14(20)17(27-10(2)23)22(26)21(13,15(9)25)16(11)28-18(20)29-22/h11-18,24-26H,1,5-8H2,2-4H3/t11-,12+,13+,14-,15-,16-,17+,18?,20-,21+,22+/m1/s1. The van der Waals surface area contributed by atoms with Gasteiger partial charge in [-0.25, -0.2) is 0 Å². The van der Waals surface area contributed by atoms with Gasteiger partial charge >= 0.3 is 5.97 Å². The van der Waals surface area contributed by atoms with Crippen LogP contribution in [0.2, 0.25) is 0 Å². The lowest BCUT2D eigenvalue weighted by atomic mass is 9.34. The van der Waals surface area contributed by atoms with Crippen LogP contribution in [0, 0.1) is 34.0 Å². The molecule has 0 radical (unpaired) electrons. The van der Waals surface area contributed by atoms with E-state index >= 15 is 0 Å². The summed E-state index contributed by atoms with van der Waals surface area (Å²) >= 11 is 0. The Balaban J connectivity index is 1.67. The highest BCUT2D eigenvalue weighted by atomic mass is 16.8. The molecule has 29 heavy (non-hydrogen) atoms. The van der Waals surface area contributed by atoms with Crippen molar-refractivity contribution in [1.82, 2.24) is 0 Å². The van der Waals surface area contributed by atoms with Crippen LogP contribution in [0.4, 0.5) is 0 Å². The summed E-state index contributed by atoms with van der Waals surface area (Å²) in [5.74, 6) is -3.33. The largest absolute Gasteiger partial charge is 0.456 e. The molecule has 2 spiro atoms. The highest BCUT2D eigenvalue weighted by Gasteiger charge is 2.92. The van der Waals surface area contributed by atoms with Crippen LogP contribution in [-0.2, 0) is 19.0 Å². The third-order valence-corrected chi connectivity index (χ3v) is 9.54. The van der Waals surface area contributed by atoms with Crippen LogP contribution in [0.5, 0.6) is 0 Å². The van der Waals surface area contributed by atoms with Crippen LogP contribution in [0.15, 0.2) is 12.2 Å². The van der Waals surface area contributed by atoms with Gasteiger partial charge in [0, 0.05) is 30.1 Å². The van der Waals surface area contributed by atoms with E-state index in [2.05, 4.69) is 20.4 Å². The Bertz CT molecular complexity index is 824. The van der Waals surface area contributed by atoms with Crippen molar-refractivity contribution >= 4 is 5.97 Å². The van der Waals surface area contributed by atoms with E-state index in [1.54, 1.807) is 0 Å². The van der Waals surface area contributed by atoms with E-state index in [0.29, 0.717) is 12.0 Å². The monoisotopic (exact) mass is 406 g/mol. The number of rotatable bonds is 1. The average Bonchev–Trinajstić information content (AvgIpc) is 2.76. The molecule has 0 aromatic heterocycles. The molecule has 7 heteroatoms. The summed E-state index contributed by atoms with van der Waals surface area (Å²) in [7, 11) is 0. The van der Waals surface area contributed by atoms with Crippen molar-refractivity contribution < 1.29 is 34.3 Å². The van der Waals surface area contributed by atoms with Gasteiger partial charge < -0.3 is 29.5 Å². The molecular formula is C22H30O7. The third-order valence-electron chi connectivity index (χ3n) is 9.54. The van der Waals surface area contributed by atoms with Gasteiger partial charge in [0.2, 0.25) is 5.79 Å². The first-order valence-corrected chi connectivity index (χ1v) is 10.8. The molecule has 4 heterocycles. The Morgan fingerprint density at radius 2 is 1.97 bits per heavy atom. The summed E-state index contributed by atoms with van der Waals surface area (Å²) in [5.41, 5.74) is -1.61. The fourth-order valence-electron chi connectivity index (χ4n) is 9.03. The smallest absolute Gasteiger partial charge is 0.303 e. The third kappa shape index (κ3) is 1.66. The van der Waals surface area contributed by atoms with E-state index in [-0.39, 0.29) is 17.3 Å². The fraction of sp³-hybridized carbons (Fsp3) is 0.864. The van der Waals surface area contributed by atoms with Gasteiger partial charge in [-0.15, -0.1) is 0 Å². The molecule has 1 unspecified atom stereocenters. The van der Waals surface area contributed by atoms with Crippen LogP contribution in [0.1, 0.15) is 46.5 Å². The molecule has 8 fully saturated rings. The molecule has 4 saturated carbocycles. The molecule has 11 atom stereocenters. The summed E-state index contributed by atoms with van der Waals surface area (Å²) in [6, 6.07) is 0. The van der Waals surface area contributed by atoms with Crippen molar-refractivity contribution in [3.05, 3.63) is 12.2 Å². The minimum atomic E-state index is -1.93. The molecule has 4 aliphatic heterocycles. The first-order valence-electron chi connectivity index (χ1n) is 10.8. The number of hydrogen-bond acceptors (Lipinski definition) is 7. The second kappa shape index (κ2) is 5.07. The second-order valence-corrected chi connectivity index (χ2v) is 11.0. The van der Waals surface area contributed by atoms with Crippen molar-refractivity contribution in [2.45, 2.75) is 82.9 Å². The van der Waals surface area contributed by atoms with Crippen molar-refractivity contribution in [3.8, 4) is 0 Å². The van der Waals surface area contributed by atoms with Crippen LogP contribution in [0.25, 0.3) is 0 Å². The quantitative estimate of drug-likeness (QED) is 0.442. The van der Waals surface area contributed by atoms with Crippen LogP contribution < -0.4 is 0 Å². The molecule has 4 aliphatic carbocycles. The highest BCUT2D eigenvalue weighted by molar-refractivity contribution is 5.66. The highest BCUT2D eigenvalue weighted by Crippen LogP contribution is 2.82. The molecule has 8 aliphatic rings. The number of aliphatic hydroxyl groups is 3. The zero-order valence-electron chi connectivity index (χ0n) is 17.1. The molecule has 4 saturated heterocycles. The summed E-state index contributed by atoms with van der Waals surface area (Å²) in [4.78, 5) is 12.1. The van der Waals surface area contributed by atoms with Gasteiger partial charge in [0.05, 0.1) is 23.7 Å². The molecule has 7 nitrogen and oxygen atoms in total. The molecule has 7 bridgehead atoms. The Morgan fingerprint density at radius 3 is 2.66 bits per heavy atom. The summed E-state index contributed by atoms with van der Waals surface area (Å²) < 4.78 is 18.5. The number of esters is 1. The predicted molar refractivity (Wildman–Crippen MR) is 99.0 cm³/mol. The number of carbonyl (C=O) groups is 1. The van der Waals surface area contributed by atoms with E-state index in [0.717, 1.165) is 19.3 Å². The topological polar surface area (TPSA) is 105 Å². The zero-order valence-corrected chi connectivity index (χ0v) is 17.1. The Labute approximate surface area is 170 Å². The number of ether oxygens (including phenoxy) is 3. The maximum atomic E-state index is 12.2. The first-order chi connectivity index (χ1) is 13.5. The minimum Gasteiger partial charge on any atom is -0.456 e. The Morgan fingerprint density at radius 1 is 1.24 bits per heavy atom. The fourth-order valence-corrected chi connectivity index (χ4v) is 9.03. The van der Waals surface area contributed by atoms with Gasteiger partial charge in [-0.1, -0.05) is 26.8 Å². The van der Waals surface area contributed by atoms with Gasteiger partial charge in [-0.3, -0.25) is 4.79 Å². The molecule has 160 valence electrons. The number of aliphatic hydroxyl groups excluding tert-OH is 2. The van der Waals surface area contributed by atoms with Crippen molar-refractivity contribution in [2.75, 3.05) is 0 Å². The van der Waals surface area contributed by atoms with Gasteiger partial charge in [0.25, 0.3) is 0 Å². The van der Waals surface area contributed by atoms with E-state index in [9.17, 15) is 20.1 Å². The van der Waals surface area contributed by atoms with Crippen molar-refractivity contribution in [3.63, 3.8) is 0 Å². The zero-order chi connectivity index (χ0) is 20.7. The number of carbonyl (C=O) groups excluding carboxylic acids is 1. The van der Waals surface area contributed by atoms with Gasteiger partial charge in [0.15, 0.2) is 12.4 Å². The van der Waals surface area contributed by atoms with Gasteiger partial charge in [-0.2, -0.15) is 0 Å². The van der Waals surface area contributed by atoms with Gasteiger partial charge in [0.1, 0.15) is 0 Å². The average molecular weight is 406 g/mol. The van der Waals surface area contributed by atoms with Crippen molar-refractivity contribution in [1.29, 1.82) is 0 Å². The SMILES string of the molecule is C=C1[C@H]2C[C@H](O)[C@H]3[C@]45CCCC(C)(C)[C@H]4[C@H](OC(C)=O)[C@]4(O)OC5O[C@H]2[C@@]34[C@@H]1O. The van der Waals surface area contributed by atoms with E-state index in [1.165, 1.54) is 6.92 Å². The summed E-state index contributed by atoms with van der Waals surface area (Å²) in [5, 5.41) is 35.0. The van der Waals surface area contributed by atoms with Gasteiger partial charge in [-0.05, 0) is 30.3 Å². The molecule has 3 N–H and O–H groups in total. The molecular weight excluding hydrogens is 376 g/mol. The molecule has 0 amide bonds. The number of hydrogen-bond donors (Lipinski definition) is 3. The van der Waals surface area contributed by atoms with E-state index in [4.69, 9.17) is 14.2 Å². The van der Waals surface area contributed by atoms with Crippen LogP contribution in [-0.4, -0.2) is 57.8 Å². The second-order valence-electron chi connectivity index (χ2n) is 11.0. The normalized spacial score (nSPS) is 60.8. The maximum Gasteiger partial charge on any atom is 0.303 e. The molecule has 8 rings (SSSR count). The lowest BCUT2D eigenvalue weighted by Gasteiger charge is -2.80. The van der Waals surface area contributed by atoms with Crippen LogP contribution >= 0.6 is 0 Å². The van der Waals surface area contributed by atoms with E-state index in [1.807, 2.05) is 0 Å². The maximum absolute atomic E-state index is 12.2. The Kier molecular flexibility index (Phi) is 3.28. The lowest BCUT2D eigenvalue weighted by molar-refractivity contribution is -0.569. The van der Waals surface area contributed by atoms with E-state index < -0.39 is 59.2 Å². The molecule has 0 aromatic carbocycles. The summed E-state index contributed by atoms with van der Waals surface area (Å²) in [6.45, 7) is 9.69. The Hall–Kier alpha value is -0.990. The predicted octanol–water partition coefficient (Wildman–Crippen LogP) is 1.10. The minimum absolute atomic E-state index is 0.250. The molecule has 0 aromatic rings. The summed E-state index contributed by atoms with van der Waals surface area (Å²) in [6.07, 6.45) is -0.899. The lowest BCUT2D eigenvalue weighted by Crippen LogP contribution is -2.91. The van der Waals surface area contributed by atoms with Crippen LogP contribution in [0.3, 0.4) is 0 Å².